The second-order valence-electron chi connectivity index (χ2n) is 5.50. The molecule has 1 atom stereocenters. The first-order valence-corrected chi connectivity index (χ1v) is 6.95. The summed E-state index contributed by atoms with van der Waals surface area (Å²) in [7, 11) is 1.80. The maximum atomic E-state index is 11.9. The number of anilines is 1. The molecule has 2 aliphatic rings. The molecule has 1 aromatic rings. The van der Waals surface area contributed by atoms with E-state index in [4.69, 9.17) is 10.5 Å². The third-order valence-corrected chi connectivity index (χ3v) is 4.33. The van der Waals surface area contributed by atoms with Gasteiger partial charge < -0.3 is 15.4 Å². The molecule has 0 saturated heterocycles. The van der Waals surface area contributed by atoms with Crippen molar-refractivity contribution < 1.29 is 9.53 Å². The highest BCUT2D eigenvalue weighted by Crippen LogP contribution is 2.39. The molecule has 1 saturated carbocycles. The van der Waals surface area contributed by atoms with Crippen molar-refractivity contribution in [3.63, 3.8) is 0 Å². The van der Waals surface area contributed by atoms with E-state index in [0.29, 0.717) is 18.9 Å². The molecule has 102 valence electrons. The highest BCUT2D eigenvalue weighted by molar-refractivity contribution is 5.95. The number of amides is 1. The van der Waals surface area contributed by atoms with Crippen LogP contribution in [0.25, 0.3) is 0 Å². The van der Waals surface area contributed by atoms with Crippen LogP contribution in [0, 0.1) is 5.92 Å². The van der Waals surface area contributed by atoms with Crippen LogP contribution in [0.5, 0.6) is 5.75 Å². The number of carbonyl (C=O) groups excluding carboxylic acids is 1. The van der Waals surface area contributed by atoms with Crippen LogP contribution in [-0.2, 0) is 4.79 Å². The summed E-state index contributed by atoms with van der Waals surface area (Å²) in [6.07, 6.45) is 4.13. The molecule has 0 bridgehead atoms. The van der Waals surface area contributed by atoms with Crippen LogP contribution in [-0.4, -0.2) is 19.6 Å². The van der Waals surface area contributed by atoms with Gasteiger partial charge in [0.15, 0.2) is 0 Å². The van der Waals surface area contributed by atoms with Crippen molar-refractivity contribution in [1.82, 2.24) is 0 Å². The average molecular weight is 260 g/mol. The molecule has 4 nitrogen and oxygen atoms in total. The van der Waals surface area contributed by atoms with Crippen LogP contribution in [0.3, 0.4) is 0 Å². The smallest absolute Gasteiger partial charge is 0.230 e. The van der Waals surface area contributed by atoms with Crippen LogP contribution >= 0.6 is 0 Å². The van der Waals surface area contributed by atoms with Crippen molar-refractivity contribution in [2.75, 3.05) is 18.6 Å². The lowest BCUT2D eigenvalue weighted by Gasteiger charge is -2.32. The van der Waals surface area contributed by atoms with Gasteiger partial charge >= 0.3 is 0 Å². The Balaban J connectivity index is 1.92. The SMILES string of the molecule is CN1C(=O)CCOc2ccc(C(N)C3CCC3)cc21. The van der Waals surface area contributed by atoms with Crippen LogP contribution < -0.4 is 15.4 Å². The highest BCUT2D eigenvalue weighted by atomic mass is 16.5. The zero-order valence-electron chi connectivity index (χ0n) is 11.3. The first kappa shape index (κ1) is 12.5. The molecule has 1 heterocycles. The highest BCUT2D eigenvalue weighted by Gasteiger charge is 2.27. The molecular formula is C15H20N2O2. The molecule has 4 heteroatoms. The van der Waals surface area contributed by atoms with Crippen LogP contribution in [0.2, 0.25) is 0 Å². The Kier molecular flexibility index (Phi) is 3.19. The molecule has 1 aliphatic carbocycles. The number of hydrogen-bond acceptors (Lipinski definition) is 3. The van der Waals surface area contributed by atoms with Gasteiger partial charge in [-0.2, -0.15) is 0 Å². The van der Waals surface area contributed by atoms with Crippen LogP contribution in [0.1, 0.15) is 37.3 Å². The second-order valence-corrected chi connectivity index (χ2v) is 5.50. The number of hydrogen-bond donors (Lipinski definition) is 1. The molecule has 0 radical (unpaired) electrons. The molecule has 2 N–H and O–H groups in total. The van der Waals surface area contributed by atoms with E-state index in [2.05, 4.69) is 0 Å². The summed E-state index contributed by atoms with van der Waals surface area (Å²) in [6, 6.07) is 6.07. The molecule has 0 spiro atoms. The predicted molar refractivity (Wildman–Crippen MR) is 74.2 cm³/mol. The quantitative estimate of drug-likeness (QED) is 0.887. The number of rotatable bonds is 2. The van der Waals surface area contributed by atoms with E-state index in [-0.39, 0.29) is 11.9 Å². The fourth-order valence-electron chi connectivity index (χ4n) is 2.75. The van der Waals surface area contributed by atoms with E-state index < -0.39 is 0 Å². The minimum absolute atomic E-state index is 0.0748. The van der Waals surface area contributed by atoms with E-state index in [1.54, 1.807) is 11.9 Å². The Hall–Kier alpha value is -1.55. The Morgan fingerprint density at radius 1 is 1.42 bits per heavy atom. The molecule has 1 aliphatic heterocycles. The Labute approximate surface area is 113 Å². The summed E-state index contributed by atoms with van der Waals surface area (Å²) in [6.45, 7) is 0.449. The maximum absolute atomic E-state index is 11.9. The lowest BCUT2D eigenvalue weighted by molar-refractivity contribution is -0.118. The first-order valence-electron chi connectivity index (χ1n) is 6.95. The topological polar surface area (TPSA) is 55.6 Å². The fourth-order valence-corrected chi connectivity index (χ4v) is 2.75. The molecule has 1 aromatic carbocycles. The molecule has 19 heavy (non-hydrogen) atoms. The number of carbonyl (C=O) groups is 1. The molecule has 3 rings (SSSR count). The van der Waals surface area contributed by atoms with Gasteiger partial charge in [0.25, 0.3) is 0 Å². The molecule has 0 aromatic heterocycles. The maximum Gasteiger partial charge on any atom is 0.230 e. The standard InChI is InChI=1S/C15H20N2O2/c1-17-12-9-11(15(16)10-3-2-4-10)5-6-13(12)19-8-7-14(17)18/h5-6,9-10,15H,2-4,7-8,16H2,1H3. The lowest BCUT2D eigenvalue weighted by atomic mass is 9.77. The third kappa shape index (κ3) is 2.21. The first-order chi connectivity index (χ1) is 9.16. The fraction of sp³-hybridized carbons (Fsp3) is 0.533. The number of fused-ring (bicyclic) bond motifs is 1. The minimum Gasteiger partial charge on any atom is -0.491 e. The van der Waals surface area contributed by atoms with Gasteiger partial charge in [0, 0.05) is 13.1 Å². The summed E-state index contributed by atoms with van der Waals surface area (Å²) in [5.41, 5.74) is 8.26. The van der Waals surface area contributed by atoms with Gasteiger partial charge in [-0.05, 0) is 36.5 Å². The van der Waals surface area contributed by atoms with E-state index >= 15 is 0 Å². The van der Waals surface area contributed by atoms with Crippen molar-refractivity contribution >= 4 is 11.6 Å². The van der Waals surface area contributed by atoms with Gasteiger partial charge in [0.2, 0.25) is 5.91 Å². The minimum atomic E-state index is 0.0748. The normalized spacial score (nSPS) is 21.2. The Morgan fingerprint density at radius 2 is 2.21 bits per heavy atom. The number of benzene rings is 1. The number of nitrogens with two attached hydrogens (primary N) is 1. The van der Waals surface area contributed by atoms with Gasteiger partial charge in [-0.15, -0.1) is 0 Å². The second kappa shape index (κ2) is 4.85. The molecular weight excluding hydrogens is 240 g/mol. The lowest BCUT2D eigenvalue weighted by Crippen LogP contribution is -2.28. The van der Waals surface area contributed by atoms with Crippen molar-refractivity contribution in [3.05, 3.63) is 23.8 Å². The van der Waals surface area contributed by atoms with Gasteiger partial charge in [-0.1, -0.05) is 12.5 Å². The summed E-state index contributed by atoms with van der Waals surface area (Å²) >= 11 is 0. The largest absolute Gasteiger partial charge is 0.491 e. The van der Waals surface area contributed by atoms with Gasteiger partial charge in [0.05, 0.1) is 18.7 Å². The van der Waals surface area contributed by atoms with Crippen molar-refractivity contribution in [2.45, 2.75) is 31.7 Å². The average Bonchev–Trinajstić information content (AvgIpc) is 2.48. The summed E-state index contributed by atoms with van der Waals surface area (Å²) in [4.78, 5) is 13.6. The summed E-state index contributed by atoms with van der Waals surface area (Å²) in [5.74, 6) is 1.46. The Bertz CT molecular complexity index is 497. The van der Waals surface area contributed by atoms with E-state index in [9.17, 15) is 4.79 Å². The van der Waals surface area contributed by atoms with Crippen molar-refractivity contribution in [1.29, 1.82) is 0 Å². The van der Waals surface area contributed by atoms with Gasteiger partial charge in [-0.3, -0.25) is 4.79 Å². The van der Waals surface area contributed by atoms with Crippen molar-refractivity contribution in [3.8, 4) is 5.75 Å². The van der Waals surface area contributed by atoms with E-state index in [1.807, 2.05) is 18.2 Å². The summed E-state index contributed by atoms with van der Waals surface area (Å²) in [5, 5.41) is 0. The third-order valence-electron chi connectivity index (χ3n) is 4.33. The zero-order chi connectivity index (χ0) is 13.4. The van der Waals surface area contributed by atoms with E-state index in [0.717, 1.165) is 17.0 Å². The molecule has 1 amide bonds. The van der Waals surface area contributed by atoms with Gasteiger partial charge in [0.1, 0.15) is 5.75 Å². The van der Waals surface area contributed by atoms with E-state index in [1.165, 1.54) is 19.3 Å². The van der Waals surface area contributed by atoms with Crippen LogP contribution in [0.15, 0.2) is 18.2 Å². The van der Waals surface area contributed by atoms with Gasteiger partial charge in [-0.25, -0.2) is 0 Å². The van der Waals surface area contributed by atoms with Crippen LogP contribution in [0.4, 0.5) is 5.69 Å². The number of ether oxygens (including phenoxy) is 1. The molecule has 1 fully saturated rings. The Morgan fingerprint density at radius 3 is 2.89 bits per heavy atom. The number of nitrogens with zero attached hydrogens (tertiary/aromatic N) is 1. The molecule has 1 unspecified atom stereocenters. The summed E-state index contributed by atoms with van der Waals surface area (Å²) < 4.78 is 5.62. The predicted octanol–water partition coefficient (Wildman–Crippen LogP) is 2.23. The zero-order valence-corrected chi connectivity index (χ0v) is 11.3. The van der Waals surface area contributed by atoms with Crippen molar-refractivity contribution in [2.24, 2.45) is 11.7 Å². The monoisotopic (exact) mass is 260 g/mol.